The maximum atomic E-state index is 12.4. The Morgan fingerprint density at radius 2 is 0.953 bits per heavy atom. The predicted molar refractivity (Wildman–Crippen MR) is 502 cm³/mol. The van der Waals surface area contributed by atoms with Gasteiger partial charge >= 0.3 is 0 Å². The molecule has 0 atom stereocenters. The van der Waals surface area contributed by atoms with E-state index in [0.29, 0.717) is 60.3 Å². The molecule has 0 aromatic heterocycles. The number of hydrogen-bond donors (Lipinski definition) is 13. The van der Waals surface area contributed by atoms with E-state index in [1.165, 1.54) is 89.3 Å². The molecule has 0 radical (unpaired) electrons. The van der Waals surface area contributed by atoms with Crippen molar-refractivity contribution in [2.24, 2.45) is 41.9 Å². The minimum absolute atomic E-state index is 0.0137. The molecule has 0 saturated carbocycles. The first-order valence-electron chi connectivity index (χ1n) is 38.8. The molecule has 9 rings (SSSR count). The van der Waals surface area contributed by atoms with Crippen LogP contribution in [0.25, 0.3) is 30.4 Å². The highest BCUT2D eigenvalue weighted by atomic mass is 79.9. The fourth-order valence-electron chi connectivity index (χ4n) is 11.0. The maximum absolute atomic E-state index is 12.4. The van der Waals surface area contributed by atoms with E-state index in [0.717, 1.165) is 61.9 Å². The summed E-state index contributed by atoms with van der Waals surface area (Å²) < 4.78 is 12.5. The van der Waals surface area contributed by atoms with Crippen LogP contribution in [-0.2, 0) is 28.8 Å². The number of aromatic hydroxyl groups is 1. The number of hydroxylamine groups is 3. The SMILES string of the molecule is CC(C)(C)/C=N/NC(=O)c1cccc(/C=C/C(=O)NO)c1.CC1=C(CC=NCC(=O)c2cccc(/C=C/C(=O)CO)c2)C(C)(C)CCC1.COc1ccc(C=NCC(=O)c2ccc(/C=C/C(=O)NO)cc2)cc1Br.NC(=O)COc1ccccc1/C=N/NC(=O)c1cccc(/C=C/C(=O)NO)c1.O=C(/C=C/c1ccc(C(=O)N/N=C/c2cc(Br)cc(Br)c2O)cc1)CO. The molecule has 0 saturated heterocycles. The number of nitrogens with two attached hydrogens (primary N) is 1. The summed E-state index contributed by atoms with van der Waals surface area (Å²) in [6.45, 7) is 11.5. The molecule has 14 N–H and O–H groups in total. The molecule has 0 heterocycles. The first-order valence-corrected chi connectivity index (χ1v) is 41.2. The molecule has 1 aliphatic rings. The number of ketones is 4. The quantitative estimate of drug-likeness (QED) is 0.00454. The second-order valence-corrected chi connectivity index (χ2v) is 31.6. The number of aliphatic imine (C=N–C) groups is 2. The van der Waals surface area contributed by atoms with Crippen LogP contribution in [0.3, 0.4) is 0 Å². The molecule has 0 unspecified atom stereocenters. The smallest absolute Gasteiger partial charge is 0.271 e. The molecule has 34 heteroatoms. The summed E-state index contributed by atoms with van der Waals surface area (Å²) in [6.07, 6.45) is 25.9. The molecule has 0 spiro atoms. The van der Waals surface area contributed by atoms with Crippen LogP contribution in [0, 0.1) is 10.8 Å². The zero-order valence-electron chi connectivity index (χ0n) is 70.7. The number of carbonyl (C=O) groups is 11. The second kappa shape index (κ2) is 55.5. The van der Waals surface area contributed by atoms with Crippen molar-refractivity contribution >= 4 is 174 Å². The minimum atomic E-state index is -0.684. The van der Waals surface area contributed by atoms with Crippen LogP contribution in [0.2, 0.25) is 0 Å². The monoisotopic (exact) mass is 1930 g/mol. The molecule has 0 fully saturated rings. The molecular weight excluding hydrogens is 1840 g/mol. The minimum Gasteiger partial charge on any atom is -0.506 e. The summed E-state index contributed by atoms with van der Waals surface area (Å²) in [5, 5.41) is 64.2. The van der Waals surface area contributed by atoms with Crippen molar-refractivity contribution < 1.29 is 93.2 Å². The summed E-state index contributed by atoms with van der Waals surface area (Å²) >= 11 is 9.92. The van der Waals surface area contributed by atoms with E-state index < -0.39 is 54.4 Å². The number of phenolic OH excluding ortho intramolecular Hbond substituents is 1. The predicted octanol–water partition coefficient (Wildman–Crippen LogP) is 13.8. The second-order valence-electron chi connectivity index (χ2n) is 29.0. The topological polar surface area (TPSA) is 488 Å². The van der Waals surface area contributed by atoms with Gasteiger partial charge in [0, 0.05) is 86.7 Å². The average molecular weight is 1940 g/mol. The fourth-order valence-corrected chi connectivity index (χ4v) is 12.8. The van der Waals surface area contributed by atoms with Crippen molar-refractivity contribution in [2.75, 3.05) is 40.0 Å². The number of phenols is 1. The number of para-hydroxylation sites is 1. The third-order valence-electron chi connectivity index (χ3n) is 17.5. The molecule has 1 aliphatic carbocycles. The first kappa shape index (κ1) is 105. The van der Waals surface area contributed by atoms with Crippen LogP contribution in [0.1, 0.15) is 164 Å². The molecule has 0 aliphatic heterocycles. The highest BCUT2D eigenvalue weighted by Crippen LogP contribution is 2.41. The number of halogens is 3. The van der Waals surface area contributed by atoms with Crippen LogP contribution < -0.4 is 47.9 Å². The van der Waals surface area contributed by atoms with Gasteiger partial charge < -0.3 is 30.5 Å². The van der Waals surface area contributed by atoms with Gasteiger partial charge in [0.15, 0.2) is 29.7 Å². The van der Waals surface area contributed by atoms with Gasteiger partial charge in [-0.2, -0.15) is 15.3 Å². The van der Waals surface area contributed by atoms with E-state index in [-0.39, 0.29) is 59.5 Å². The number of hydrazone groups is 3. The van der Waals surface area contributed by atoms with Crippen molar-refractivity contribution in [1.82, 2.24) is 32.7 Å². The van der Waals surface area contributed by atoms with Gasteiger partial charge in [-0.15, -0.1) is 0 Å². The number of Topliss-reactive ketones (excluding diaryl/α,β-unsaturated/α-hetero) is 2. The number of methoxy groups -OCH3 is 1. The number of aliphatic hydroxyl groups excluding tert-OH is 2. The number of primary amides is 1. The lowest BCUT2D eigenvalue weighted by atomic mass is 9.72. The maximum Gasteiger partial charge on any atom is 0.271 e. The van der Waals surface area contributed by atoms with Crippen molar-refractivity contribution in [1.29, 1.82) is 0 Å². The third kappa shape index (κ3) is 39.6. The average Bonchev–Trinajstić information content (AvgIpc) is 0.816. The van der Waals surface area contributed by atoms with Crippen LogP contribution >= 0.6 is 47.8 Å². The van der Waals surface area contributed by atoms with E-state index in [2.05, 4.69) is 110 Å². The van der Waals surface area contributed by atoms with E-state index in [1.807, 2.05) is 51.3 Å². The number of allylic oxidation sites excluding steroid dienone is 2. The molecule has 128 heavy (non-hydrogen) atoms. The van der Waals surface area contributed by atoms with Gasteiger partial charge in [0.25, 0.3) is 41.4 Å². The van der Waals surface area contributed by atoms with E-state index >= 15 is 0 Å². The van der Waals surface area contributed by atoms with Gasteiger partial charge in [-0.25, -0.2) is 32.7 Å². The Balaban J connectivity index is 0.000000284. The van der Waals surface area contributed by atoms with E-state index in [9.17, 15) is 57.8 Å². The van der Waals surface area contributed by atoms with Gasteiger partial charge in [0.1, 0.15) is 43.6 Å². The number of rotatable bonds is 33. The van der Waals surface area contributed by atoms with Gasteiger partial charge in [-0.1, -0.05) is 165 Å². The lowest BCUT2D eigenvalue weighted by Gasteiger charge is -2.34. The van der Waals surface area contributed by atoms with Crippen LogP contribution in [0.15, 0.2) is 256 Å². The van der Waals surface area contributed by atoms with Crippen LogP contribution in [0.5, 0.6) is 17.2 Å². The molecule has 7 amide bonds. The summed E-state index contributed by atoms with van der Waals surface area (Å²) in [5.74, 6) is -3.57. The number of ether oxygens (including phenoxy) is 2. The van der Waals surface area contributed by atoms with Gasteiger partial charge in [0.2, 0.25) is 0 Å². The van der Waals surface area contributed by atoms with Crippen molar-refractivity contribution in [3.63, 3.8) is 0 Å². The molecule has 668 valence electrons. The standard InChI is InChI=1S/C23H29NO3.C19H17BrN2O4.C19H18N4O5.C18H14Br2N2O4.C15H19N3O3/c1-17-6-5-12-23(2,3)21(17)11-13-24-15-22(27)19-8-4-7-18(14-19)9-10-20(26)16-25;1-26-18-8-4-14(10-16(18)20)11-21-12-17(23)15-6-2-13(3-7-15)5-9-19(24)22-25;20-17(24)12-28-16-7-2-1-5-15(16)11-21-22-19(26)14-6-3-4-13(10-14)8-9-18(25)23-27;19-14-7-13(17(25)16(20)8-14)9-21-22-18(26)12-4-1-11(2-5-12)3-6-15(24)10-23;1-15(2,3)10-16-17-14(20)12-6-4-5-11(9-12)7-8-13(19)18-21/h4,7-10,13-14,25H,5-6,11-12,15-16H2,1-3H3;2-11,25H,12H2,1H3,(H,22,24);1-11,27H,12H2,(H2,20,24)(H,22,26)(H,23,25);1-9,23,25H,10H2,(H,22,26);4-10,21H,1-3H3,(H,17,20)(H,18,19)/b10-9+,24-13?;9-5+,21-11?;9-8+,21-11+;6-3+,21-9+;8-7+,16-10+. The fraction of sp³-hybridized carbons (Fsp3) is 0.191. The summed E-state index contributed by atoms with van der Waals surface area (Å²) in [6, 6.07) is 49.1. The molecule has 8 aromatic carbocycles. The van der Waals surface area contributed by atoms with E-state index in [1.54, 1.807) is 183 Å². The Morgan fingerprint density at radius 3 is 1.46 bits per heavy atom. The van der Waals surface area contributed by atoms with Crippen molar-refractivity contribution in [3.05, 3.63) is 303 Å². The highest BCUT2D eigenvalue weighted by Gasteiger charge is 2.27. The number of hydrogen-bond acceptors (Lipinski definition) is 24. The first-order chi connectivity index (χ1) is 61.1. The molecule has 8 aromatic rings. The summed E-state index contributed by atoms with van der Waals surface area (Å²) in [7, 11) is 1.59. The van der Waals surface area contributed by atoms with Crippen LogP contribution in [0.4, 0.5) is 0 Å². The Morgan fingerprint density at radius 1 is 0.492 bits per heavy atom. The van der Waals surface area contributed by atoms with Crippen molar-refractivity contribution in [2.45, 2.75) is 67.2 Å². The Labute approximate surface area is 764 Å². The number of nitrogens with one attached hydrogen (secondary N) is 6. The van der Waals surface area contributed by atoms with E-state index in [4.69, 9.17) is 41.0 Å². The highest BCUT2D eigenvalue weighted by molar-refractivity contribution is 9.11. The number of carbonyl (C=O) groups excluding carboxylic acids is 11. The lowest BCUT2D eigenvalue weighted by molar-refractivity contribution is -0.124. The molecule has 31 nitrogen and oxygen atoms in total. The lowest BCUT2D eigenvalue weighted by Crippen LogP contribution is -2.20. The van der Waals surface area contributed by atoms with Gasteiger partial charge in [-0.05, 0) is 218 Å². The van der Waals surface area contributed by atoms with Crippen molar-refractivity contribution in [3.8, 4) is 17.2 Å². The Bertz CT molecular complexity index is 5580. The zero-order valence-corrected chi connectivity index (χ0v) is 75.5. The third-order valence-corrected chi connectivity index (χ3v) is 19.1. The van der Waals surface area contributed by atoms with Gasteiger partial charge in [-0.3, -0.25) is 78.3 Å². The number of nitrogens with zero attached hydrogens (tertiary/aromatic N) is 5. The normalized spacial score (nSPS) is 12.4. The van der Waals surface area contributed by atoms with Crippen LogP contribution in [-0.4, -0.2) is 167 Å². The number of benzene rings is 8. The largest absolute Gasteiger partial charge is 0.506 e. The Hall–Kier alpha value is -13.8. The molecular formula is C94H97Br3N12O19. The number of amides is 7. The summed E-state index contributed by atoms with van der Waals surface area (Å²) in [5.41, 5.74) is 27.2. The Kier molecular flexibility index (Phi) is 45.4. The van der Waals surface area contributed by atoms with Gasteiger partial charge in [0.05, 0.1) is 28.5 Å². The molecule has 0 bridgehead atoms. The number of aliphatic hydroxyl groups is 2. The summed E-state index contributed by atoms with van der Waals surface area (Å²) in [4.78, 5) is 135. The zero-order chi connectivity index (χ0) is 94.1.